The van der Waals surface area contributed by atoms with Gasteiger partial charge in [-0.2, -0.15) is 0 Å². The Morgan fingerprint density at radius 2 is 1.70 bits per heavy atom. The Bertz CT molecular complexity index is 898. The molecule has 3 rings (SSSR count). The SMILES string of the molecule is CCCCOc1ccc2cc3ccccc3cc2c1P(=O)(O)O. The molecule has 3 aromatic rings. The van der Waals surface area contributed by atoms with Crippen LogP contribution in [-0.4, -0.2) is 16.4 Å². The van der Waals surface area contributed by atoms with E-state index in [1.165, 1.54) is 0 Å². The van der Waals surface area contributed by atoms with Gasteiger partial charge in [0.05, 0.1) is 6.61 Å². The Balaban J connectivity index is 2.24. The van der Waals surface area contributed by atoms with Crippen LogP contribution >= 0.6 is 7.60 Å². The number of unbranched alkanes of at least 4 members (excludes halogenated alkanes) is 1. The highest BCUT2D eigenvalue weighted by atomic mass is 31.2. The van der Waals surface area contributed by atoms with Gasteiger partial charge in [-0.15, -0.1) is 0 Å². The van der Waals surface area contributed by atoms with Crippen LogP contribution in [0.3, 0.4) is 0 Å². The summed E-state index contributed by atoms with van der Waals surface area (Å²) in [6.07, 6.45) is 1.81. The first-order chi connectivity index (χ1) is 11.0. The van der Waals surface area contributed by atoms with E-state index in [2.05, 4.69) is 0 Å². The van der Waals surface area contributed by atoms with Crippen LogP contribution in [0.25, 0.3) is 21.5 Å². The van der Waals surface area contributed by atoms with Crippen molar-refractivity contribution >= 4 is 34.4 Å². The fraction of sp³-hybridized carbons (Fsp3) is 0.222. The molecule has 0 amide bonds. The number of hydrogen-bond acceptors (Lipinski definition) is 2. The summed E-state index contributed by atoms with van der Waals surface area (Å²) in [5, 5.41) is 3.31. The minimum atomic E-state index is -4.45. The zero-order valence-corrected chi connectivity index (χ0v) is 13.8. The lowest BCUT2D eigenvalue weighted by molar-refractivity contribution is 0.310. The van der Waals surface area contributed by atoms with Crippen LogP contribution < -0.4 is 10.0 Å². The molecule has 23 heavy (non-hydrogen) atoms. The smallest absolute Gasteiger partial charge is 0.360 e. The molecule has 0 aliphatic carbocycles. The van der Waals surface area contributed by atoms with Gasteiger partial charge in [0, 0.05) is 5.39 Å². The fourth-order valence-electron chi connectivity index (χ4n) is 2.72. The van der Waals surface area contributed by atoms with E-state index >= 15 is 0 Å². The van der Waals surface area contributed by atoms with Crippen LogP contribution in [0.15, 0.2) is 48.5 Å². The predicted octanol–water partition coefficient (Wildman–Crippen LogP) is 3.97. The molecule has 0 fully saturated rings. The van der Waals surface area contributed by atoms with Crippen molar-refractivity contribution in [3.8, 4) is 5.75 Å². The van der Waals surface area contributed by atoms with Crippen LogP contribution in [0, 0.1) is 0 Å². The molecule has 0 saturated heterocycles. The summed E-state index contributed by atoms with van der Waals surface area (Å²) in [7, 11) is -4.45. The van der Waals surface area contributed by atoms with Gasteiger partial charge in [0.15, 0.2) is 0 Å². The Morgan fingerprint density at radius 1 is 1.00 bits per heavy atom. The molecule has 0 atom stereocenters. The lowest BCUT2D eigenvalue weighted by atomic mass is 10.0. The van der Waals surface area contributed by atoms with Crippen LogP contribution in [0.5, 0.6) is 5.75 Å². The van der Waals surface area contributed by atoms with Crippen molar-refractivity contribution in [2.24, 2.45) is 0 Å². The average Bonchev–Trinajstić information content (AvgIpc) is 2.51. The molecule has 0 saturated carbocycles. The molecule has 0 aliphatic heterocycles. The summed E-state index contributed by atoms with van der Waals surface area (Å²) < 4.78 is 17.7. The van der Waals surface area contributed by atoms with Crippen molar-refractivity contribution in [2.45, 2.75) is 19.8 Å². The molecule has 5 heteroatoms. The van der Waals surface area contributed by atoms with Crippen molar-refractivity contribution < 1.29 is 19.1 Å². The number of benzene rings is 3. The highest BCUT2D eigenvalue weighted by Gasteiger charge is 2.26. The molecule has 3 aromatic carbocycles. The first kappa shape index (κ1) is 16.0. The molecule has 0 unspecified atom stereocenters. The predicted molar refractivity (Wildman–Crippen MR) is 93.5 cm³/mol. The second kappa shape index (κ2) is 6.32. The Labute approximate surface area is 134 Å². The van der Waals surface area contributed by atoms with Crippen molar-refractivity contribution in [3.63, 3.8) is 0 Å². The standard InChI is InChI=1S/C18H19O4P/c1-2-3-10-22-17-9-8-15-11-13-6-4-5-7-14(13)12-16(15)18(17)23(19,20)21/h4-9,11-12H,2-3,10H2,1H3,(H2,19,20,21). The first-order valence-electron chi connectivity index (χ1n) is 7.65. The zero-order valence-electron chi connectivity index (χ0n) is 12.9. The highest BCUT2D eigenvalue weighted by Crippen LogP contribution is 2.41. The van der Waals surface area contributed by atoms with Gasteiger partial charge in [-0.1, -0.05) is 43.7 Å². The fourth-order valence-corrected chi connectivity index (χ4v) is 3.66. The Morgan fingerprint density at radius 3 is 2.35 bits per heavy atom. The van der Waals surface area contributed by atoms with E-state index in [9.17, 15) is 14.4 Å². The molecule has 120 valence electrons. The van der Waals surface area contributed by atoms with Gasteiger partial charge in [-0.25, -0.2) is 0 Å². The van der Waals surface area contributed by atoms with Gasteiger partial charge in [0.2, 0.25) is 0 Å². The lowest BCUT2D eigenvalue weighted by Gasteiger charge is -2.15. The maximum Gasteiger partial charge on any atom is 0.360 e. The van der Waals surface area contributed by atoms with E-state index in [1.54, 1.807) is 6.07 Å². The van der Waals surface area contributed by atoms with E-state index in [-0.39, 0.29) is 11.1 Å². The van der Waals surface area contributed by atoms with Gasteiger partial charge < -0.3 is 14.5 Å². The van der Waals surface area contributed by atoms with Crippen molar-refractivity contribution in [1.29, 1.82) is 0 Å². The van der Waals surface area contributed by atoms with Gasteiger partial charge in [-0.3, -0.25) is 4.57 Å². The molecule has 0 heterocycles. The van der Waals surface area contributed by atoms with Crippen LogP contribution in [0.2, 0.25) is 0 Å². The second-order valence-electron chi connectivity index (χ2n) is 5.58. The number of hydrogen-bond donors (Lipinski definition) is 2. The summed E-state index contributed by atoms with van der Waals surface area (Å²) in [5.41, 5.74) is 0. The van der Waals surface area contributed by atoms with Crippen LogP contribution in [-0.2, 0) is 4.57 Å². The maximum atomic E-state index is 12.1. The minimum Gasteiger partial charge on any atom is -0.493 e. The van der Waals surface area contributed by atoms with Gasteiger partial charge in [-0.05, 0) is 40.8 Å². The highest BCUT2D eigenvalue weighted by molar-refractivity contribution is 7.61. The summed E-state index contributed by atoms with van der Waals surface area (Å²) in [5.74, 6) is 0.273. The van der Waals surface area contributed by atoms with Crippen molar-refractivity contribution in [3.05, 3.63) is 48.5 Å². The van der Waals surface area contributed by atoms with E-state index in [0.29, 0.717) is 12.0 Å². The molecular formula is C18H19O4P. The van der Waals surface area contributed by atoms with Gasteiger partial charge in [0.1, 0.15) is 11.1 Å². The summed E-state index contributed by atoms with van der Waals surface area (Å²) in [6, 6.07) is 15.0. The zero-order chi connectivity index (χ0) is 16.4. The molecule has 2 N–H and O–H groups in total. The monoisotopic (exact) mass is 330 g/mol. The number of rotatable bonds is 5. The molecule has 0 spiro atoms. The summed E-state index contributed by atoms with van der Waals surface area (Å²) in [6.45, 7) is 2.49. The molecule has 0 aliphatic rings. The second-order valence-corrected chi connectivity index (χ2v) is 7.11. The minimum absolute atomic E-state index is 0.0168. The normalized spacial score (nSPS) is 12.0. The number of fused-ring (bicyclic) bond motifs is 2. The maximum absolute atomic E-state index is 12.1. The summed E-state index contributed by atoms with van der Waals surface area (Å²) in [4.78, 5) is 19.7. The van der Waals surface area contributed by atoms with Crippen LogP contribution in [0.1, 0.15) is 19.8 Å². The van der Waals surface area contributed by atoms with E-state index in [4.69, 9.17) is 4.74 Å². The van der Waals surface area contributed by atoms with Gasteiger partial charge >= 0.3 is 7.60 Å². The Hall–Kier alpha value is -1.87. The van der Waals surface area contributed by atoms with E-state index in [1.807, 2.05) is 49.4 Å². The largest absolute Gasteiger partial charge is 0.493 e. The third-order valence-corrected chi connectivity index (χ3v) is 4.91. The number of ether oxygens (including phenoxy) is 1. The molecule has 0 radical (unpaired) electrons. The molecule has 0 bridgehead atoms. The Kier molecular flexibility index (Phi) is 4.40. The molecule has 0 aromatic heterocycles. The average molecular weight is 330 g/mol. The molecular weight excluding hydrogens is 311 g/mol. The lowest BCUT2D eigenvalue weighted by Crippen LogP contribution is -2.12. The molecule has 4 nitrogen and oxygen atoms in total. The third kappa shape index (κ3) is 3.25. The van der Waals surface area contributed by atoms with Crippen LogP contribution in [0.4, 0.5) is 0 Å². The summed E-state index contributed by atoms with van der Waals surface area (Å²) >= 11 is 0. The third-order valence-electron chi connectivity index (χ3n) is 3.87. The van der Waals surface area contributed by atoms with E-state index in [0.717, 1.165) is 29.0 Å². The quantitative estimate of drug-likeness (QED) is 0.422. The van der Waals surface area contributed by atoms with Crippen molar-refractivity contribution in [1.82, 2.24) is 0 Å². The van der Waals surface area contributed by atoms with Crippen molar-refractivity contribution in [2.75, 3.05) is 6.61 Å². The first-order valence-corrected chi connectivity index (χ1v) is 9.26. The van der Waals surface area contributed by atoms with E-state index < -0.39 is 7.60 Å². The topological polar surface area (TPSA) is 66.8 Å². The van der Waals surface area contributed by atoms with Gasteiger partial charge in [0.25, 0.3) is 0 Å².